The number of ether oxygens (including phenoxy) is 1. The van der Waals surface area contributed by atoms with Crippen molar-refractivity contribution in [3.8, 4) is 0 Å². The van der Waals surface area contributed by atoms with E-state index in [1.807, 2.05) is 13.0 Å². The minimum Gasteiger partial charge on any atom is -0.370 e. The van der Waals surface area contributed by atoms with Crippen LogP contribution >= 0.6 is 0 Å². The lowest BCUT2D eigenvalue weighted by Crippen LogP contribution is -2.26. The third-order valence-corrected chi connectivity index (χ3v) is 3.04. The quantitative estimate of drug-likeness (QED) is 0.555. The Kier molecular flexibility index (Phi) is 1.62. The summed E-state index contributed by atoms with van der Waals surface area (Å²) in [5, 5.41) is 0. The molecule has 1 saturated heterocycles. The van der Waals surface area contributed by atoms with Crippen LogP contribution in [0.2, 0.25) is 0 Å². The molecule has 0 N–H and O–H groups in total. The molecule has 1 aliphatic carbocycles. The highest BCUT2D eigenvalue weighted by Gasteiger charge is 2.47. The monoisotopic (exact) mass is 166 g/mol. The van der Waals surface area contributed by atoms with Crippen LogP contribution in [0.4, 0.5) is 0 Å². The zero-order chi connectivity index (χ0) is 8.77. The highest BCUT2D eigenvalue weighted by atomic mass is 16.6. The van der Waals surface area contributed by atoms with Gasteiger partial charge in [0, 0.05) is 12.3 Å². The molecule has 2 rings (SSSR count). The number of ketones is 1. The number of rotatable bonds is 1. The summed E-state index contributed by atoms with van der Waals surface area (Å²) in [4.78, 5) is 11.4. The molecular formula is C10H14O2. The van der Waals surface area contributed by atoms with Gasteiger partial charge in [-0.1, -0.05) is 6.08 Å². The molecule has 0 aromatic rings. The van der Waals surface area contributed by atoms with Gasteiger partial charge in [-0.25, -0.2) is 0 Å². The third-order valence-electron chi connectivity index (χ3n) is 3.04. The molecular weight excluding hydrogens is 152 g/mol. The summed E-state index contributed by atoms with van der Waals surface area (Å²) >= 11 is 0. The number of hydrogen-bond acceptors (Lipinski definition) is 2. The van der Waals surface area contributed by atoms with E-state index in [1.165, 1.54) is 0 Å². The summed E-state index contributed by atoms with van der Waals surface area (Å²) in [6.45, 7) is 4.83. The van der Waals surface area contributed by atoms with E-state index in [0.29, 0.717) is 18.1 Å². The van der Waals surface area contributed by atoms with Gasteiger partial charge >= 0.3 is 0 Å². The summed E-state index contributed by atoms with van der Waals surface area (Å²) < 4.78 is 5.34. The van der Waals surface area contributed by atoms with E-state index in [4.69, 9.17) is 4.74 Å². The number of hydrogen-bond donors (Lipinski definition) is 0. The van der Waals surface area contributed by atoms with E-state index in [9.17, 15) is 4.79 Å². The summed E-state index contributed by atoms with van der Waals surface area (Å²) in [7, 11) is 0. The minimum atomic E-state index is 0.0207. The predicted octanol–water partition coefficient (Wildman–Crippen LogP) is 1.70. The standard InChI is InChI=1S/C10H14O2/c1-7-3-4-8(5-9(7)11)10(2)6-12-10/h3,8H,4-6H2,1-2H3. The fourth-order valence-electron chi connectivity index (χ4n) is 1.72. The first-order valence-corrected chi connectivity index (χ1v) is 4.46. The van der Waals surface area contributed by atoms with E-state index in [2.05, 4.69) is 6.92 Å². The number of allylic oxidation sites excluding steroid dienone is 2. The Labute approximate surface area is 72.6 Å². The van der Waals surface area contributed by atoms with Gasteiger partial charge in [0.2, 0.25) is 0 Å². The summed E-state index contributed by atoms with van der Waals surface area (Å²) in [5.41, 5.74) is 0.947. The molecule has 66 valence electrons. The van der Waals surface area contributed by atoms with E-state index >= 15 is 0 Å². The number of Topliss-reactive ketones (excluding diaryl/α,β-unsaturated/α-hetero) is 1. The summed E-state index contributed by atoms with van der Waals surface area (Å²) in [6.07, 6.45) is 3.73. The maximum absolute atomic E-state index is 11.4. The lowest BCUT2D eigenvalue weighted by atomic mass is 9.81. The highest BCUT2D eigenvalue weighted by molar-refractivity contribution is 5.95. The molecule has 0 bridgehead atoms. The van der Waals surface area contributed by atoms with Crippen LogP contribution in [0.1, 0.15) is 26.7 Å². The van der Waals surface area contributed by atoms with Crippen LogP contribution in [0.25, 0.3) is 0 Å². The fraction of sp³-hybridized carbons (Fsp3) is 0.700. The van der Waals surface area contributed by atoms with Crippen molar-refractivity contribution in [3.63, 3.8) is 0 Å². The van der Waals surface area contributed by atoms with Crippen LogP contribution in [-0.2, 0) is 9.53 Å². The van der Waals surface area contributed by atoms with Gasteiger partial charge in [0.1, 0.15) is 0 Å². The number of epoxide rings is 1. The Morgan fingerprint density at radius 1 is 1.67 bits per heavy atom. The summed E-state index contributed by atoms with van der Waals surface area (Å²) in [6, 6.07) is 0. The molecule has 2 unspecified atom stereocenters. The molecule has 0 spiro atoms. The maximum atomic E-state index is 11.4. The Hall–Kier alpha value is -0.630. The zero-order valence-corrected chi connectivity index (χ0v) is 7.59. The first-order chi connectivity index (χ1) is 5.62. The zero-order valence-electron chi connectivity index (χ0n) is 7.59. The molecule has 12 heavy (non-hydrogen) atoms. The van der Waals surface area contributed by atoms with E-state index < -0.39 is 0 Å². The van der Waals surface area contributed by atoms with Crippen molar-refractivity contribution in [1.82, 2.24) is 0 Å². The van der Waals surface area contributed by atoms with E-state index in [0.717, 1.165) is 18.6 Å². The van der Waals surface area contributed by atoms with Crippen molar-refractivity contribution in [1.29, 1.82) is 0 Å². The Bertz CT molecular complexity index is 249. The molecule has 2 heteroatoms. The lowest BCUT2D eigenvalue weighted by Gasteiger charge is -2.22. The van der Waals surface area contributed by atoms with Gasteiger partial charge in [-0.3, -0.25) is 4.79 Å². The average molecular weight is 166 g/mol. The number of carbonyl (C=O) groups is 1. The minimum absolute atomic E-state index is 0.0207. The maximum Gasteiger partial charge on any atom is 0.158 e. The van der Waals surface area contributed by atoms with Gasteiger partial charge in [0.15, 0.2) is 5.78 Å². The first kappa shape index (κ1) is 7.99. The van der Waals surface area contributed by atoms with Crippen molar-refractivity contribution in [3.05, 3.63) is 11.6 Å². The van der Waals surface area contributed by atoms with Crippen LogP contribution < -0.4 is 0 Å². The molecule has 0 amide bonds. The van der Waals surface area contributed by atoms with Gasteiger partial charge in [-0.15, -0.1) is 0 Å². The third kappa shape index (κ3) is 1.20. The molecule has 0 radical (unpaired) electrons. The van der Waals surface area contributed by atoms with Gasteiger partial charge in [-0.05, 0) is 25.8 Å². The van der Waals surface area contributed by atoms with E-state index in [1.54, 1.807) is 0 Å². The van der Waals surface area contributed by atoms with Crippen molar-refractivity contribution >= 4 is 5.78 Å². The second-order valence-electron chi connectivity index (χ2n) is 4.05. The van der Waals surface area contributed by atoms with Gasteiger partial charge < -0.3 is 4.74 Å². The molecule has 0 aromatic heterocycles. The predicted molar refractivity (Wildman–Crippen MR) is 45.8 cm³/mol. The van der Waals surface area contributed by atoms with E-state index in [-0.39, 0.29) is 5.60 Å². The van der Waals surface area contributed by atoms with Crippen LogP contribution in [0.3, 0.4) is 0 Å². The largest absolute Gasteiger partial charge is 0.370 e. The van der Waals surface area contributed by atoms with Crippen molar-refractivity contribution in [2.45, 2.75) is 32.3 Å². The van der Waals surface area contributed by atoms with Crippen molar-refractivity contribution in [2.75, 3.05) is 6.61 Å². The fourth-order valence-corrected chi connectivity index (χ4v) is 1.72. The molecule has 2 aliphatic rings. The molecule has 1 aliphatic heterocycles. The van der Waals surface area contributed by atoms with Crippen LogP contribution in [0, 0.1) is 5.92 Å². The Morgan fingerprint density at radius 3 is 2.83 bits per heavy atom. The molecule has 1 heterocycles. The van der Waals surface area contributed by atoms with Gasteiger partial charge in [-0.2, -0.15) is 0 Å². The Morgan fingerprint density at radius 2 is 2.33 bits per heavy atom. The smallest absolute Gasteiger partial charge is 0.158 e. The average Bonchev–Trinajstić information content (AvgIpc) is 2.75. The second kappa shape index (κ2) is 2.43. The van der Waals surface area contributed by atoms with Gasteiger partial charge in [0.05, 0.1) is 12.2 Å². The SMILES string of the molecule is CC1=CCC(C2(C)CO2)CC1=O. The number of carbonyl (C=O) groups excluding carboxylic acids is 1. The van der Waals surface area contributed by atoms with Crippen molar-refractivity contribution in [2.24, 2.45) is 5.92 Å². The second-order valence-corrected chi connectivity index (χ2v) is 4.05. The molecule has 1 fully saturated rings. The molecule has 2 nitrogen and oxygen atoms in total. The van der Waals surface area contributed by atoms with Gasteiger partial charge in [0.25, 0.3) is 0 Å². The highest BCUT2D eigenvalue weighted by Crippen LogP contribution is 2.41. The normalized spacial score (nSPS) is 41.0. The first-order valence-electron chi connectivity index (χ1n) is 4.46. The molecule has 0 saturated carbocycles. The topological polar surface area (TPSA) is 29.6 Å². The van der Waals surface area contributed by atoms with Crippen molar-refractivity contribution < 1.29 is 9.53 Å². The van der Waals surface area contributed by atoms with Crippen LogP contribution in [-0.4, -0.2) is 18.0 Å². The van der Waals surface area contributed by atoms with Crippen LogP contribution in [0.5, 0.6) is 0 Å². The molecule has 0 aromatic carbocycles. The lowest BCUT2D eigenvalue weighted by molar-refractivity contribution is -0.117. The van der Waals surface area contributed by atoms with Crippen LogP contribution in [0.15, 0.2) is 11.6 Å². The molecule has 2 atom stereocenters. The summed E-state index contributed by atoms with van der Waals surface area (Å²) in [5.74, 6) is 0.719. The Balaban J connectivity index is 2.09.